The molecule has 0 radical (unpaired) electrons. The van der Waals surface area contributed by atoms with Gasteiger partial charge in [-0.25, -0.2) is 4.98 Å². The highest BCUT2D eigenvalue weighted by Gasteiger charge is 2.09. The number of nitrogens with zero attached hydrogens (tertiary/aromatic N) is 3. The van der Waals surface area contributed by atoms with Crippen molar-refractivity contribution in [3.8, 4) is 11.5 Å². The average molecular weight is 258 g/mol. The number of ether oxygens (including phenoxy) is 1. The minimum absolute atomic E-state index is 0.517. The molecule has 1 aromatic carbocycles. The Morgan fingerprint density at radius 2 is 2.32 bits per heavy atom. The maximum absolute atomic E-state index is 5.26. The van der Waals surface area contributed by atoms with E-state index in [4.69, 9.17) is 9.26 Å². The van der Waals surface area contributed by atoms with Gasteiger partial charge in [0.25, 0.3) is 5.89 Å². The molecule has 0 aliphatic rings. The van der Waals surface area contributed by atoms with Crippen LogP contribution in [0.2, 0.25) is 0 Å². The van der Waals surface area contributed by atoms with Crippen LogP contribution in [0.3, 0.4) is 0 Å². The molecule has 0 aliphatic carbocycles. The summed E-state index contributed by atoms with van der Waals surface area (Å²) in [6.07, 6.45) is 2.32. The molecule has 0 atom stereocenters. The SMILES string of the molecule is CCOCCc1noc(-c2ccc3nc[nH]c3c2)n1. The molecular weight excluding hydrogens is 244 g/mol. The third-order valence-corrected chi connectivity index (χ3v) is 2.81. The Hall–Kier alpha value is -2.21. The summed E-state index contributed by atoms with van der Waals surface area (Å²) < 4.78 is 10.5. The molecule has 0 saturated heterocycles. The lowest BCUT2D eigenvalue weighted by atomic mass is 10.2. The molecular formula is C13H14N4O2. The highest BCUT2D eigenvalue weighted by Crippen LogP contribution is 2.21. The van der Waals surface area contributed by atoms with Gasteiger partial charge in [-0.15, -0.1) is 0 Å². The number of hydrogen-bond donors (Lipinski definition) is 1. The van der Waals surface area contributed by atoms with Crippen molar-refractivity contribution in [2.45, 2.75) is 13.3 Å². The van der Waals surface area contributed by atoms with Gasteiger partial charge in [0.2, 0.25) is 0 Å². The second-order valence-electron chi connectivity index (χ2n) is 4.10. The Morgan fingerprint density at radius 3 is 3.21 bits per heavy atom. The normalized spacial score (nSPS) is 11.2. The number of rotatable bonds is 5. The molecule has 3 rings (SSSR count). The lowest BCUT2D eigenvalue weighted by Gasteiger charge is -1.95. The van der Waals surface area contributed by atoms with Crippen molar-refractivity contribution in [1.82, 2.24) is 20.1 Å². The van der Waals surface area contributed by atoms with Crippen molar-refractivity contribution < 1.29 is 9.26 Å². The van der Waals surface area contributed by atoms with Gasteiger partial charge >= 0.3 is 0 Å². The van der Waals surface area contributed by atoms with Crippen LogP contribution < -0.4 is 0 Å². The van der Waals surface area contributed by atoms with Crippen LogP contribution in [-0.2, 0) is 11.2 Å². The molecule has 0 aliphatic heterocycles. The predicted molar refractivity (Wildman–Crippen MR) is 69.6 cm³/mol. The number of fused-ring (bicyclic) bond motifs is 1. The van der Waals surface area contributed by atoms with Gasteiger partial charge in [0.15, 0.2) is 5.82 Å². The van der Waals surface area contributed by atoms with Crippen LogP contribution in [0, 0.1) is 0 Å². The molecule has 2 aromatic heterocycles. The fourth-order valence-electron chi connectivity index (χ4n) is 1.85. The first kappa shape index (κ1) is 11.9. The van der Waals surface area contributed by atoms with E-state index in [9.17, 15) is 0 Å². The Morgan fingerprint density at radius 1 is 1.37 bits per heavy atom. The van der Waals surface area contributed by atoms with E-state index in [0.717, 1.165) is 16.6 Å². The third-order valence-electron chi connectivity index (χ3n) is 2.81. The van der Waals surface area contributed by atoms with E-state index >= 15 is 0 Å². The average Bonchev–Trinajstić information content (AvgIpc) is 3.06. The van der Waals surface area contributed by atoms with Gasteiger partial charge in [-0.05, 0) is 25.1 Å². The van der Waals surface area contributed by atoms with Crippen molar-refractivity contribution in [3.05, 3.63) is 30.4 Å². The first-order valence-electron chi connectivity index (χ1n) is 6.20. The van der Waals surface area contributed by atoms with E-state index in [1.165, 1.54) is 0 Å². The van der Waals surface area contributed by atoms with Gasteiger partial charge in [-0.1, -0.05) is 5.16 Å². The minimum Gasteiger partial charge on any atom is -0.381 e. The Labute approximate surface area is 109 Å². The Balaban J connectivity index is 1.81. The molecule has 0 saturated carbocycles. The van der Waals surface area contributed by atoms with Gasteiger partial charge < -0.3 is 14.2 Å². The van der Waals surface area contributed by atoms with Gasteiger partial charge in [0.1, 0.15) is 0 Å². The van der Waals surface area contributed by atoms with Gasteiger partial charge in [0, 0.05) is 18.6 Å². The maximum Gasteiger partial charge on any atom is 0.257 e. The standard InChI is InChI=1S/C13H14N4O2/c1-2-18-6-5-12-16-13(19-17-12)9-3-4-10-11(7-9)15-8-14-10/h3-4,7-8H,2,5-6H2,1H3,(H,14,15). The summed E-state index contributed by atoms with van der Waals surface area (Å²) in [6, 6.07) is 5.79. The topological polar surface area (TPSA) is 76.8 Å². The number of hydrogen-bond acceptors (Lipinski definition) is 5. The number of aromatic nitrogens is 4. The summed E-state index contributed by atoms with van der Waals surface area (Å²) in [5, 5.41) is 3.94. The number of aromatic amines is 1. The fraction of sp³-hybridized carbons (Fsp3) is 0.308. The molecule has 6 heteroatoms. The molecule has 6 nitrogen and oxygen atoms in total. The van der Waals surface area contributed by atoms with E-state index in [0.29, 0.717) is 31.3 Å². The molecule has 3 aromatic rings. The van der Waals surface area contributed by atoms with Gasteiger partial charge in [-0.2, -0.15) is 4.98 Å². The summed E-state index contributed by atoms with van der Waals surface area (Å²) in [7, 11) is 0. The van der Waals surface area contributed by atoms with Crippen LogP contribution in [0.5, 0.6) is 0 Å². The highest BCUT2D eigenvalue weighted by molar-refractivity contribution is 5.79. The summed E-state index contributed by atoms with van der Waals surface area (Å²) in [6.45, 7) is 3.26. The quantitative estimate of drug-likeness (QED) is 0.710. The van der Waals surface area contributed by atoms with E-state index < -0.39 is 0 Å². The van der Waals surface area contributed by atoms with Crippen LogP contribution in [0.25, 0.3) is 22.5 Å². The van der Waals surface area contributed by atoms with Crippen LogP contribution in [-0.4, -0.2) is 33.3 Å². The lowest BCUT2D eigenvalue weighted by Crippen LogP contribution is -1.99. The molecule has 98 valence electrons. The summed E-state index contributed by atoms with van der Waals surface area (Å²) in [5.74, 6) is 1.18. The fourth-order valence-corrected chi connectivity index (χ4v) is 1.85. The van der Waals surface area contributed by atoms with Crippen LogP contribution in [0.1, 0.15) is 12.7 Å². The van der Waals surface area contributed by atoms with Crippen molar-refractivity contribution in [2.75, 3.05) is 13.2 Å². The van der Waals surface area contributed by atoms with Crippen LogP contribution in [0.15, 0.2) is 29.0 Å². The number of imidazole rings is 1. The minimum atomic E-state index is 0.517. The summed E-state index contributed by atoms with van der Waals surface area (Å²) >= 11 is 0. The third kappa shape index (κ3) is 2.48. The zero-order valence-corrected chi connectivity index (χ0v) is 10.6. The van der Waals surface area contributed by atoms with Crippen molar-refractivity contribution in [2.24, 2.45) is 0 Å². The lowest BCUT2D eigenvalue weighted by molar-refractivity contribution is 0.149. The largest absolute Gasteiger partial charge is 0.381 e. The number of benzene rings is 1. The Bertz CT molecular complexity index is 674. The maximum atomic E-state index is 5.26. The molecule has 1 N–H and O–H groups in total. The van der Waals surface area contributed by atoms with Crippen LogP contribution >= 0.6 is 0 Å². The predicted octanol–water partition coefficient (Wildman–Crippen LogP) is 2.19. The molecule has 0 amide bonds. The second-order valence-corrected chi connectivity index (χ2v) is 4.10. The molecule has 19 heavy (non-hydrogen) atoms. The van der Waals surface area contributed by atoms with Crippen molar-refractivity contribution in [1.29, 1.82) is 0 Å². The number of nitrogens with one attached hydrogen (secondary N) is 1. The van der Waals surface area contributed by atoms with Crippen molar-refractivity contribution >= 4 is 11.0 Å². The summed E-state index contributed by atoms with van der Waals surface area (Å²) in [5.41, 5.74) is 2.75. The molecule has 0 bridgehead atoms. The molecule has 0 fully saturated rings. The first-order chi connectivity index (χ1) is 9.36. The zero-order valence-electron chi connectivity index (χ0n) is 10.6. The van der Waals surface area contributed by atoms with Crippen LogP contribution in [0.4, 0.5) is 0 Å². The zero-order chi connectivity index (χ0) is 13.1. The smallest absolute Gasteiger partial charge is 0.257 e. The first-order valence-corrected chi connectivity index (χ1v) is 6.20. The second kappa shape index (κ2) is 5.19. The monoisotopic (exact) mass is 258 g/mol. The number of H-pyrrole nitrogens is 1. The van der Waals surface area contributed by atoms with Gasteiger partial charge in [0.05, 0.1) is 24.0 Å². The van der Waals surface area contributed by atoms with Crippen molar-refractivity contribution in [3.63, 3.8) is 0 Å². The van der Waals surface area contributed by atoms with E-state index in [1.54, 1.807) is 6.33 Å². The molecule has 0 spiro atoms. The van der Waals surface area contributed by atoms with E-state index in [1.807, 2.05) is 25.1 Å². The molecule has 0 unspecified atom stereocenters. The summed E-state index contributed by atoms with van der Waals surface area (Å²) in [4.78, 5) is 11.6. The highest BCUT2D eigenvalue weighted by atomic mass is 16.5. The molecule has 2 heterocycles. The Kier molecular flexibility index (Phi) is 3.24. The van der Waals surface area contributed by atoms with Gasteiger partial charge in [-0.3, -0.25) is 0 Å². The van der Waals surface area contributed by atoms with E-state index in [-0.39, 0.29) is 0 Å². The van der Waals surface area contributed by atoms with E-state index in [2.05, 4.69) is 20.1 Å².